The van der Waals surface area contributed by atoms with Crippen LogP contribution in [0.5, 0.6) is 0 Å². The molecular formula is C20H15FN6O2S. The van der Waals surface area contributed by atoms with Gasteiger partial charge in [-0.2, -0.15) is 0 Å². The molecule has 10 heteroatoms. The van der Waals surface area contributed by atoms with Crippen molar-refractivity contribution in [2.24, 2.45) is 0 Å². The molecule has 0 aliphatic carbocycles. The average Bonchev–Trinajstić information content (AvgIpc) is 2.75. The predicted octanol–water partition coefficient (Wildman–Crippen LogP) is 2.74. The lowest BCUT2D eigenvalue weighted by Crippen LogP contribution is -2.07. The molecule has 0 aliphatic heterocycles. The standard InChI is InChI=1S/C20H15FN6O2S/c21-15-7-12(5-6-14(15)16-8-25-18(22)9-24-16)13-3-1-2-4-17(13)30(28,29)20-11-26-19(23)10-27-20/h1-11H,(H2,22,25)(H2,23,26). The van der Waals surface area contributed by atoms with Crippen LogP contribution in [0, 0.1) is 5.82 Å². The molecule has 150 valence electrons. The van der Waals surface area contributed by atoms with Gasteiger partial charge in [-0.05, 0) is 23.8 Å². The largest absolute Gasteiger partial charge is 0.382 e. The Morgan fingerprint density at radius 2 is 1.47 bits per heavy atom. The van der Waals surface area contributed by atoms with Crippen molar-refractivity contribution in [3.05, 3.63) is 73.1 Å². The van der Waals surface area contributed by atoms with Gasteiger partial charge >= 0.3 is 0 Å². The summed E-state index contributed by atoms with van der Waals surface area (Å²) < 4.78 is 41.0. The Bertz CT molecular complexity index is 1330. The molecule has 0 unspecified atom stereocenters. The van der Waals surface area contributed by atoms with Crippen LogP contribution in [0.2, 0.25) is 0 Å². The molecule has 0 aliphatic rings. The lowest BCUT2D eigenvalue weighted by molar-refractivity contribution is 0.592. The van der Waals surface area contributed by atoms with Crippen LogP contribution in [0.15, 0.2) is 77.2 Å². The predicted molar refractivity (Wildman–Crippen MR) is 109 cm³/mol. The summed E-state index contributed by atoms with van der Waals surface area (Å²) in [6, 6.07) is 10.6. The van der Waals surface area contributed by atoms with Crippen LogP contribution in [0.25, 0.3) is 22.4 Å². The fraction of sp³-hybridized carbons (Fsp3) is 0. The first-order valence-corrected chi connectivity index (χ1v) is 10.1. The van der Waals surface area contributed by atoms with Crippen LogP contribution < -0.4 is 11.5 Å². The zero-order chi connectivity index (χ0) is 21.3. The Morgan fingerprint density at radius 3 is 2.10 bits per heavy atom. The van der Waals surface area contributed by atoms with Crippen molar-refractivity contribution in [3.63, 3.8) is 0 Å². The molecule has 2 aromatic carbocycles. The van der Waals surface area contributed by atoms with Gasteiger partial charge in [0.25, 0.3) is 0 Å². The summed E-state index contributed by atoms with van der Waals surface area (Å²) in [6.45, 7) is 0. The molecule has 0 atom stereocenters. The number of halogens is 1. The second-order valence-corrected chi connectivity index (χ2v) is 8.17. The quantitative estimate of drug-likeness (QED) is 0.512. The molecular weight excluding hydrogens is 407 g/mol. The number of benzene rings is 2. The van der Waals surface area contributed by atoms with E-state index in [1.165, 1.54) is 30.6 Å². The van der Waals surface area contributed by atoms with E-state index in [4.69, 9.17) is 11.5 Å². The summed E-state index contributed by atoms with van der Waals surface area (Å²) in [7, 11) is -4.00. The molecule has 2 heterocycles. The molecule has 0 radical (unpaired) electrons. The number of hydrogen-bond acceptors (Lipinski definition) is 8. The van der Waals surface area contributed by atoms with Gasteiger partial charge in [0, 0.05) is 11.1 Å². The van der Waals surface area contributed by atoms with Gasteiger partial charge in [0.1, 0.15) is 17.5 Å². The number of rotatable bonds is 4. The minimum atomic E-state index is -4.00. The number of sulfone groups is 1. The molecule has 4 aromatic rings. The van der Waals surface area contributed by atoms with Gasteiger partial charge in [0.15, 0.2) is 5.03 Å². The van der Waals surface area contributed by atoms with Crippen molar-refractivity contribution >= 4 is 21.5 Å². The van der Waals surface area contributed by atoms with Crippen LogP contribution in [0.1, 0.15) is 0 Å². The second-order valence-electron chi connectivity index (χ2n) is 6.30. The highest BCUT2D eigenvalue weighted by molar-refractivity contribution is 7.91. The fourth-order valence-corrected chi connectivity index (χ4v) is 4.23. The highest BCUT2D eigenvalue weighted by atomic mass is 32.2. The highest BCUT2D eigenvalue weighted by Crippen LogP contribution is 2.33. The van der Waals surface area contributed by atoms with Crippen LogP contribution >= 0.6 is 0 Å². The van der Waals surface area contributed by atoms with Crippen LogP contribution in [0.3, 0.4) is 0 Å². The van der Waals surface area contributed by atoms with Gasteiger partial charge in [-0.3, -0.25) is 4.98 Å². The van der Waals surface area contributed by atoms with Crippen molar-refractivity contribution in [1.29, 1.82) is 0 Å². The number of nitrogen functional groups attached to an aromatic ring is 2. The van der Waals surface area contributed by atoms with E-state index in [1.54, 1.807) is 24.3 Å². The monoisotopic (exact) mass is 422 g/mol. The van der Waals surface area contributed by atoms with E-state index in [9.17, 15) is 12.8 Å². The minimum absolute atomic E-state index is 0.0245. The molecule has 2 aromatic heterocycles. The summed E-state index contributed by atoms with van der Waals surface area (Å²) in [6.07, 6.45) is 4.95. The molecule has 0 bridgehead atoms. The van der Waals surface area contributed by atoms with E-state index in [0.29, 0.717) is 16.8 Å². The molecule has 0 saturated heterocycles. The first kappa shape index (κ1) is 19.4. The summed E-state index contributed by atoms with van der Waals surface area (Å²) >= 11 is 0. The zero-order valence-corrected chi connectivity index (χ0v) is 16.2. The topological polar surface area (TPSA) is 138 Å². The van der Waals surface area contributed by atoms with Crippen molar-refractivity contribution in [2.45, 2.75) is 9.92 Å². The molecule has 8 nitrogen and oxygen atoms in total. The van der Waals surface area contributed by atoms with Gasteiger partial charge in [0.05, 0.1) is 35.4 Å². The summed E-state index contributed by atoms with van der Waals surface area (Å²) in [5.74, 6) is -0.252. The lowest BCUT2D eigenvalue weighted by Gasteiger charge is -2.11. The maximum atomic E-state index is 14.8. The SMILES string of the molecule is Nc1cnc(-c2ccc(-c3ccccc3S(=O)(=O)c3cnc(N)cn3)cc2F)cn1. The van der Waals surface area contributed by atoms with E-state index in [0.717, 1.165) is 12.4 Å². The maximum absolute atomic E-state index is 14.8. The third-order valence-corrected chi connectivity index (χ3v) is 6.02. The molecule has 0 spiro atoms. The minimum Gasteiger partial charge on any atom is -0.382 e. The van der Waals surface area contributed by atoms with E-state index in [-0.39, 0.29) is 27.1 Å². The summed E-state index contributed by atoms with van der Waals surface area (Å²) in [5, 5.41) is -0.251. The molecule has 30 heavy (non-hydrogen) atoms. The first-order chi connectivity index (χ1) is 14.4. The number of aromatic nitrogens is 4. The molecule has 4 N–H and O–H groups in total. The van der Waals surface area contributed by atoms with Crippen LogP contribution in [0.4, 0.5) is 16.0 Å². The van der Waals surface area contributed by atoms with Gasteiger partial charge in [0.2, 0.25) is 9.84 Å². The van der Waals surface area contributed by atoms with Gasteiger partial charge in [-0.25, -0.2) is 27.8 Å². The van der Waals surface area contributed by atoms with Crippen LogP contribution in [-0.2, 0) is 9.84 Å². The van der Waals surface area contributed by atoms with E-state index in [1.807, 2.05) is 0 Å². The van der Waals surface area contributed by atoms with E-state index >= 15 is 0 Å². The lowest BCUT2D eigenvalue weighted by atomic mass is 10.0. The summed E-state index contributed by atoms with van der Waals surface area (Å²) in [5.41, 5.74) is 12.2. The van der Waals surface area contributed by atoms with Crippen LogP contribution in [-0.4, -0.2) is 28.4 Å². The Kier molecular flexibility index (Phi) is 4.84. The fourth-order valence-electron chi connectivity index (χ4n) is 2.88. The Morgan fingerprint density at radius 1 is 0.767 bits per heavy atom. The number of anilines is 2. The van der Waals surface area contributed by atoms with Gasteiger partial charge < -0.3 is 11.5 Å². The molecule has 0 saturated carbocycles. The highest BCUT2D eigenvalue weighted by Gasteiger charge is 2.24. The Hall–Kier alpha value is -3.92. The third kappa shape index (κ3) is 3.55. The normalized spacial score (nSPS) is 11.4. The Balaban J connectivity index is 1.80. The second kappa shape index (κ2) is 7.48. The van der Waals surface area contributed by atoms with Crippen molar-refractivity contribution < 1.29 is 12.8 Å². The van der Waals surface area contributed by atoms with Crippen molar-refractivity contribution in [3.8, 4) is 22.4 Å². The molecule has 4 rings (SSSR count). The Labute approximate surface area is 171 Å². The van der Waals surface area contributed by atoms with E-state index < -0.39 is 15.7 Å². The van der Waals surface area contributed by atoms with Crippen molar-refractivity contribution in [2.75, 3.05) is 11.5 Å². The number of nitrogens with zero attached hydrogens (tertiary/aromatic N) is 4. The maximum Gasteiger partial charge on any atom is 0.226 e. The number of hydrogen-bond donors (Lipinski definition) is 2. The first-order valence-electron chi connectivity index (χ1n) is 8.66. The zero-order valence-electron chi connectivity index (χ0n) is 15.4. The number of nitrogens with two attached hydrogens (primary N) is 2. The van der Waals surface area contributed by atoms with Gasteiger partial charge in [-0.15, -0.1) is 0 Å². The summed E-state index contributed by atoms with van der Waals surface area (Å²) in [4.78, 5) is 15.6. The smallest absolute Gasteiger partial charge is 0.226 e. The molecule has 0 amide bonds. The van der Waals surface area contributed by atoms with Crippen molar-refractivity contribution in [1.82, 2.24) is 19.9 Å². The molecule has 0 fully saturated rings. The van der Waals surface area contributed by atoms with Gasteiger partial charge in [-0.1, -0.05) is 24.3 Å². The third-order valence-electron chi connectivity index (χ3n) is 4.33. The van der Waals surface area contributed by atoms with E-state index in [2.05, 4.69) is 19.9 Å². The average molecular weight is 422 g/mol.